The van der Waals surface area contributed by atoms with Crippen LogP contribution in [0.2, 0.25) is 0 Å². The standard InChI is InChI=1S/C25H28BrF2N7O/c1-25(2,15-16-7-3-4-8-17(16)26)33-22-30-23(34-11-13-36-14-12-34)32-24(31-22)35-19-10-6-5-9-18(19)29-21(35)20(27)28/h3,5-7,9-10,20H,4,8,11-15H2,1-2H3,(H,30,31,32,33). The first-order valence-corrected chi connectivity index (χ1v) is 12.8. The summed E-state index contributed by atoms with van der Waals surface area (Å²) in [5.41, 5.74) is 1.76. The number of halogens is 3. The predicted molar refractivity (Wildman–Crippen MR) is 139 cm³/mol. The lowest BCUT2D eigenvalue weighted by Gasteiger charge is -2.30. The van der Waals surface area contributed by atoms with Gasteiger partial charge in [0.15, 0.2) is 5.82 Å². The minimum absolute atomic E-state index is 0.103. The third-order valence-corrected chi connectivity index (χ3v) is 7.07. The van der Waals surface area contributed by atoms with E-state index >= 15 is 0 Å². The Morgan fingerprint density at radius 3 is 2.58 bits per heavy atom. The van der Waals surface area contributed by atoms with Crippen LogP contribution in [0.1, 0.15) is 45.4 Å². The van der Waals surface area contributed by atoms with Gasteiger partial charge in [-0.2, -0.15) is 15.0 Å². The number of nitrogens with one attached hydrogen (secondary N) is 1. The molecule has 190 valence electrons. The Kier molecular flexibility index (Phi) is 7.03. The molecule has 1 aromatic carbocycles. The fourth-order valence-corrected chi connectivity index (χ4v) is 4.98. The molecule has 1 fully saturated rings. The van der Waals surface area contributed by atoms with Crippen molar-refractivity contribution in [3.05, 3.63) is 52.3 Å². The Hall–Kier alpha value is -2.92. The van der Waals surface area contributed by atoms with Crippen LogP contribution in [0.25, 0.3) is 17.0 Å². The minimum Gasteiger partial charge on any atom is -0.378 e. The van der Waals surface area contributed by atoms with Crippen LogP contribution in [0.3, 0.4) is 0 Å². The van der Waals surface area contributed by atoms with Crippen LogP contribution >= 0.6 is 15.9 Å². The van der Waals surface area contributed by atoms with Gasteiger partial charge in [0.25, 0.3) is 6.43 Å². The lowest BCUT2D eigenvalue weighted by Crippen LogP contribution is -2.38. The molecule has 36 heavy (non-hydrogen) atoms. The van der Waals surface area contributed by atoms with E-state index in [-0.39, 0.29) is 5.95 Å². The highest BCUT2D eigenvalue weighted by Crippen LogP contribution is 2.32. The molecule has 2 aromatic heterocycles. The number of ether oxygens (including phenoxy) is 1. The maximum Gasteiger partial charge on any atom is 0.296 e. The predicted octanol–water partition coefficient (Wildman–Crippen LogP) is 5.56. The Bertz CT molecular complexity index is 1310. The summed E-state index contributed by atoms with van der Waals surface area (Å²) in [4.78, 5) is 20.1. The Labute approximate surface area is 216 Å². The second-order valence-electron chi connectivity index (χ2n) is 9.51. The molecule has 1 aliphatic heterocycles. The zero-order valence-electron chi connectivity index (χ0n) is 20.2. The molecule has 8 nitrogen and oxygen atoms in total. The van der Waals surface area contributed by atoms with E-state index in [2.05, 4.69) is 67.2 Å². The summed E-state index contributed by atoms with van der Waals surface area (Å²) in [5.74, 6) is 0.437. The Morgan fingerprint density at radius 1 is 1.08 bits per heavy atom. The monoisotopic (exact) mass is 559 g/mol. The van der Waals surface area contributed by atoms with E-state index in [4.69, 9.17) is 4.74 Å². The summed E-state index contributed by atoms with van der Waals surface area (Å²) in [6.07, 6.45) is 4.24. The SMILES string of the molecule is CC(C)(CC1=C(Br)CCC=C1)Nc1nc(N2CCOCC2)nc(-n2c(C(F)F)nc3ccccc32)n1. The summed E-state index contributed by atoms with van der Waals surface area (Å²) in [7, 11) is 0. The molecule has 2 aliphatic rings. The minimum atomic E-state index is -2.80. The van der Waals surface area contributed by atoms with E-state index in [0.29, 0.717) is 49.2 Å². The molecule has 1 saturated heterocycles. The molecule has 0 atom stereocenters. The van der Waals surface area contributed by atoms with E-state index in [1.807, 2.05) is 4.90 Å². The number of aromatic nitrogens is 5. The van der Waals surface area contributed by atoms with Gasteiger partial charge in [0, 0.05) is 18.6 Å². The zero-order chi connectivity index (χ0) is 25.3. The summed E-state index contributed by atoms with van der Waals surface area (Å²) in [6.45, 7) is 6.42. The largest absolute Gasteiger partial charge is 0.378 e. The number of benzene rings is 1. The Balaban J connectivity index is 1.58. The molecule has 1 aliphatic carbocycles. The van der Waals surface area contributed by atoms with Crippen LogP contribution in [0.4, 0.5) is 20.7 Å². The number of para-hydroxylation sites is 2. The molecule has 0 amide bonds. The number of rotatable bonds is 7. The van der Waals surface area contributed by atoms with Crippen molar-refractivity contribution in [2.75, 3.05) is 36.5 Å². The normalized spacial score (nSPS) is 16.9. The molecular weight excluding hydrogens is 532 g/mol. The van der Waals surface area contributed by atoms with Gasteiger partial charge in [-0.15, -0.1) is 0 Å². The van der Waals surface area contributed by atoms with Crippen molar-refractivity contribution in [1.29, 1.82) is 0 Å². The van der Waals surface area contributed by atoms with Gasteiger partial charge in [-0.25, -0.2) is 13.8 Å². The number of alkyl halides is 2. The number of morpholine rings is 1. The highest BCUT2D eigenvalue weighted by Gasteiger charge is 2.27. The maximum atomic E-state index is 14.1. The second-order valence-corrected chi connectivity index (χ2v) is 10.5. The molecule has 0 bridgehead atoms. The van der Waals surface area contributed by atoms with Crippen LogP contribution < -0.4 is 10.2 Å². The third-order valence-electron chi connectivity index (χ3n) is 6.17. The molecule has 0 unspecified atom stereocenters. The molecule has 3 heterocycles. The highest BCUT2D eigenvalue weighted by atomic mass is 79.9. The second kappa shape index (κ2) is 10.2. The van der Waals surface area contributed by atoms with E-state index in [0.717, 1.165) is 19.3 Å². The summed E-state index contributed by atoms with van der Waals surface area (Å²) in [5, 5.41) is 3.43. The van der Waals surface area contributed by atoms with Crippen molar-refractivity contribution in [3.8, 4) is 5.95 Å². The number of fused-ring (bicyclic) bond motifs is 1. The van der Waals surface area contributed by atoms with Gasteiger partial charge in [0.1, 0.15) is 0 Å². The number of nitrogens with zero attached hydrogens (tertiary/aromatic N) is 6. The number of imidazole rings is 1. The van der Waals surface area contributed by atoms with Crippen LogP contribution in [-0.4, -0.2) is 56.3 Å². The van der Waals surface area contributed by atoms with Crippen LogP contribution in [0.5, 0.6) is 0 Å². The molecule has 11 heteroatoms. The molecule has 0 saturated carbocycles. The zero-order valence-corrected chi connectivity index (χ0v) is 21.8. The number of allylic oxidation sites excluding steroid dienone is 3. The average molecular weight is 560 g/mol. The Morgan fingerprint density at radius 2 is 1.83 bits per heavy atom. The average Bonchev–Trinajstić information content (AvgIpc) is 3.26. The molecular formula is C25H28BrF2N7O. The first-order chi connectivity index (χ1) is 17.3. The van der Waals surface area contributed by atoms with Crippen molar-refractivity contribution in [2.45, 2.75) is 45.1 Å². The third kappa shape index (κ3) is 5.27. The topological polar surface area (TPSA) is 81.0 Å². The molecule has 3 aromatic rings. The van der Waals surface area contributed by atoms with Gasteiger partial charge >= 0.3 is 0 Å². The first kappa shape index (κ1) is 24.8. The fraction of sp³-hybridized carbons (Fsp3) is 0.440. The van der Waals surface area contributed by atoms with Crippen LogP contribution in [0, 0.1) is 0 Å². The summed E-state index contributed by atoms with van der Waals surface area (Å²) in [6, 6.07) is 6.99. The van der Waals surface area contributed by atoms with E-state index in [1.54, 1.807) is 24.3 Å². The fourth-order valence-electron chi connectivity index (χ4n) is 4.48. The van der Waals surface area contributed by atoms with E-state index in [1.165, 1.54) is 14.6 Å². The summed E-state index contributed by atoms with van der Waals surface area (Å²) >= 11 is 3.70. The molecule has 0 spiro atoms. The lowest BCUT2D eigenvalue weighted by atomic mass is 9.92. The first-order valence-electron chi connectivity index (χ1n) is 12.0. The molecule has 1 N–H and O–H groups in total. The smallest absolute Gasteiger partial charge is 0.296 e. The van der Waals surface area contributed by atoms with Gasteiger partial charge in [-0.05, 0) is 55.3 Å². The quantitative estimate of drug-likeness (QED) is 0.405. The van der Waals surface area contributed by atoms with E-state index < -0.39 is 17.8 Å². The van der Waals surface area contributed by atoms with Gasteiger partial charge in [-0.3, -0.25) is 4.57 Å². The van der Waals surface area contributed by atoms with Gasteiger partial charge in [0.05, 0.1) is 24.2 Å². The summed E-state index contributed by atoms with van der Waals surface area (Å²) < 4.78 is 36.1. The lowest BCUT2D eigenvalue weighted by molar-refractivity contribution is 0.122. The number of anilines is 2. The maximum absolute atomic E-state index is 14.1. The van der Waals surface area contributed by atoms with Gasteiger partial charge in [-0.1, -0.05) is 40.2 Å². The molecule has 5 rings (SSSR count). The van der Waals surface area contributed by atoms with E-state index in [9.17, 15) is 8.78 Å². The van der Waals surface area contributed by atoms with Crippen LogP contribution in [0.15, 0.2) is 46.5 Å². The number of hydrogen-bond acceptors (Lipinski definition) is 7. The van der Waals surface area contributed by atoms with Crippen molar-refractivity contribution >= 4 is 38.9 Å². The van der Waals surface area contributed by atoms with Crippen molar-refractivity contribution in [1.82, 2.24) is 24.5 Å². The van der Waals surface area contributed by atoms with Crippen LogP contribution in [-0.2, 0) is 4.74 Å². The van der Waals surface area contributed by atoms with Gasteiger partial charge in [0.2, 0.25) is 17.8 Å². The van der Waals surface area contributed by atoms with Crippen molar-refractivity contribution in [3.63, 3.8) is 0 Å². The van der Waals surface area contributed by atoms with Gasteiger partial charge < -0.3 is 15.0 Å². The highest BCUT2D eigenvalue weighted by molar-refractivity contribution is 9.11. The van der Waals surface area contributed by atoms with Crippen molar-refractivity contribution in [2.24, 2.45) is 0 Å². The molecule has 0 radical (unpaired) electrons. The number of hydrogen-bond donors (Lipinski definition) is 1. The van der Waals surface area contributed by atoms with Crippen molar-refractivity contribution < 1.29 is 13.5 Å².